The number of ether oxygens (including phenoxy) is 1. The van der Waals surface area contributed by atoms with E-state index < -0.39 is 0 Å². The van der Waals surface area contributed by atoms with Crippen molar-refractivity contribution in [2.45, 2.75) is 0 Å². The zero-order valence-electron chi connectivity index (χ0n) is 7.56. The minimum atomic E-state index is 0.834. The molecule has 4 heteroatoms. The molecule has 1 aromatic carbocycles. The highest BCUT2D eigenvalue weighted by molar-refractivity contribution is 9.11. The largest absolute Gasteiger partial charge is 0.495 e. The highest BCUT2D eigenvalue weighted by Crippen LogP contribution is 2.33. The summed E-state index contributed by atoms with van der Waals surface area (Å²) in [6.45, 7) is 0. The van der Waals surface area contributed by atoms with Gasteiger partial charge in [0.2, 0.25) is 0 Å². The topological polar surface area (TPSA) is 9.23 Å². The molecule has 0 aliphatic heterocycles. The third-order valence-corrected chi connectivity index (χ3v) is 3.05. The van der Waals surface area contributed by atoms with Crippen molar-refractivity contribution in [2.75, 3.05) is 12.4 Å². The summed E-state index contributed by atoms with van der Waals surface area (Å²) in [5.41, 5.74) is 1.05. The second-order valence-electron chi connectivity index (χ2n) is 2.57. The van der Waals surface area contributed by atoms with Crippen LogP contribution >= 0.6 is 47.8 Å². The molecule has 0 spiro atoms. The van der Waals surface area contributed by atoms with Crippen LogP contribution in [-0.2, 0) is 0 Å². The fourth-order valence-electron chi connectivity index (χ4n) is 1.09. The van der Waals surface area contributed by atoms with Crippen LogP contribution in [0.5, 0.6) is 5.75 Å². The maximum absolute atomic E-state index is 5.29. The molecule has 14 heavy (non-hydrogen) atoms. The van der Waals surface area contributed by atoms with Crippen molar-refractivity contribution in [1.82, 2.24) is 0 Å². The van der Waals surface area contributed by atoms with Crippen molar-refractivity contribution in [3.63, 3.8) is 0 Å². The number of benzene rings is 1. The normalized spacial score (nSPS) is 10.9. The standard InChI is InChI=1S/C10H9Br3O/c1-14-10-7(3-2-4-11)5-8(12)6-9(10)13/h2-3,5-6H,4H2,1H3. The monoisotopic (exact) mass is 382 g/mol. The predicted octanol–water partition coefficient (Wildman–Crippen LogP) is 4.63. The number of hydrogen-bond donors (Lipinski definition) is 0. The third-order valence-electron chi connectivity index (χ3n) is 1.63. The lowest BCUT2D eigenvalue weighted by Crippen LogP contribution is -1.88. The summed E-state index contributed by atoms with van der Waals surface area (Å²) in [5.74, 6) is 0.852. The van der Waals surface area contributed by atoms with Gasteiger partial charge in [-0.2, -0.15) is 0 Å². The Morgan fingerprint density at radius 2 is 2.07 bits per heavy atom. The second-order valence-corrected chi connectivity index (χ2v) is 4.98. The van der Waals surface area contributed by atoms with Crippen LogP contribution in [0.1, 0.15) is 5.56 Å². The maximum Gasteiger partial charge on any atom is 0.140 e. The van der Waals surface area contributed by atoms with Gasteiger partial charge in [0, 0.05) is 15.4 Å². The molecule has 1 nitrogen and oxygen atoms in total. The minimum absolute atomic E-state index is 0.834. The van der Waals surface area contributed by atoms with E-state index in [1.807, 2.05) is 24.3 Å². The van der Waals surface area contributed by atoms with Crippen molar-refractivity contribution in [3.05, 3.63) is 32.7 Å². The Kier molecular flexibility index (Phi) is 5.20. The molecule has 0 saturated heterocycles. The summed E-state index contributed by atoms with van der Waals surface area (Å²) in [6, 6.07) is 3.98. The molecule has 0 aliphatic rings. The molecule has 1 aromatic rings. The third kappa shape index (κ3) is 3.11. The molecule has 0 aromatic heterocycles. The summed E-state index contributed by atoms with van der Waals surface area (Å²) in [7, 11) is 1.67. The number of methoxy groups -OCH3 is 1. The summed E-state index contributed by atoms with van der Waals surface area (Å²) in [4.78, 5) is 0. The van der Waals surface area contributed by atoms with Crippen LogP contribution in [0.2, 0.25) is 0 Å². The molecule has 0 amide bonds. The van der Waals surface area contributed by atoms with Crippen molar-refractivity contribution in [2.24, 2.45) is 0 Å². The van der Waals surface area contributed by atoms with Crippen LogP contribution in [0.4, 0.5) is 0 Å². The van der Waals surface area contributed by atoms with Gasteiger partial charge in [-0.15, -0.1) is 0 Å². The Morgan fingerprint density at radius 3 is 2.64 bits per heavy atom. The van der Waals surface area contributed by atoms with Crippen molar-refractivity contribution in [3.8, 4) is 5.75 Å². The molecule has 0 fully saturated rings. The molecule has 0 bridgehead atoms. The molecular weight excluding hydrogens is 376 g/mol. The van der Waals surface area contributed by atoms with Crippen LogP contribution in [0, 0.1) is 0 Å². The molecule has 0 heterocycles. The molecule has 0 atom stereocenters. The van der Waals surface area contributed by atoms with Crippen molar-refractivity contribution >= 4 is 53.9 Å². The van der Waals surface area contributed by atoms with Gasteiger partial charge in [0.15, 0.2) is 0 Å². The molecular formula is C10H9Br3O. The maximum atomic E-state index is 5.29. The summed E-state index contributed by atoms with van der Waals surface area (Å²) in [6.07, 6.45) is 4.04. The average molecular weight is 385 g/mol. The Morgan fingerprint density at radius 1 is 1.36 bits per heavy atom. The first-order valence-corrected chi connectivity index (χ1v) is 6.65. The molecule has 0 radical (unpaired) electrons. The molecule has 76 valence electrons. The molecule has 0 saturated carbocycles. The molecule has 0 N–H and O–H groups in total. The van der Waals surface area contributed by atoms with Crippen LogP contribution < -0.4 is 4.74 Å². The van der Waals surface area contributed by atoms with Gasteiger partial charge in [0.1, 0.15) is 5.75 Å². The fourth-order valence-corrected chi connectivity index (χ4v) is 2.70. The number of halogens is 3. The molecule has 0 aliphatic carbocycles. The predicted molar refractivity (Wildman–Crippen MR) is 71.2 cm³/mol. The van der Waals surface area contributed by atoms with E-state index in [2.05, 4.69) is 47.8 Å². The minimum Gasteiger partial charge on any atom is -0.495 e. The van der Waals surface area contributed by atoms with Gasteiger partial charge in [-0.1, -0.05) is 44.0 Å². The highest BCUT2D eigenvalue weighted by Gasteiger charge is 2.06. The van der Waals surface area contributed by atoms with Crippen LogP contribution in [0.15, 0.2) is 27.2 Å². The second kappa shape index (κ2) is 5.93. The lowest BCUT2D eigenvalue weighted by atomic mass is 10.2. The molecule has 1 rings (SSSR count). The van der Waals surface area contributed by atoms with Gasteiger partial charge in [0.25, 0.3) is 0 Å². The zero-order chi connectivity index (χ0) is 10.6. The first kappa shape index (κ1) is 12.3. The number of allylic oxidation sites excluding steroid dienone is 1. The Hall–Kier alpha value is 0.200. The summed E-state index contributed by atoms with van der Waals surface area (Å²) in [5, 5.41) is 0.834. The lowest BCUT2D eigenvalue weighted by Gasteiger charge is -2.07. The Bertz CT molecular complexity index is 347. The number of rotatable bonds is 3. The number of hydrogen-bond acceptors (Lipinski definition) is 1. The van der Waals surface area contributed by atoms with Crippen molar-refractivity contribution in [1.29, 1.82) is 0 Å². The highest BCUT2D eigenvalue weighted by atomic mass is 79.9. The Labute approximate surface area is 109 Å². The van der Waals surface area contributed by atoms with E-state index in [4.69, 9.17) is 4.74 Å². The fraction of sp³-hybridized carbons (Fsp3) is 0.200. The first-order valence-electron chi connectivity index (χ1n) is 3.94. The van der Waals surface area contributed by atoms with E-state index in [1.165, 1.54) is 0 Å². The quantitative estimate of drug-likeness (QED) is 0.690. The summed E-state index contributed by atoms with van der Waals surface area (Å²) >= 11 is 10.2. The van der Waals surface area contributed by atoms with E-state index >= 15 is 0 Å². The van der Waals surface area contributed by atoms with E-state index in [-0.39, 0.29) is 0 Å². The summed E-state index contributed by atoms with van der Waals surface area (Å²) < 4.78 is 7.27. The van der Waals surface area contributed by atoms with Gasteiger partial charge in [-0.3, -0.25) is 0 Å². The Balaban J connectivity index is 3.18. The van der Waals surface area contributed by atoms with Gasteiger partial charge >= 0.3 is 0 Å². The van der Waals surface area contributed by atoms with Crippen LogP contribution in [0.3, 0.4) is 0 Å². The van der Waals surface area contributed by atoms with Gasteiger partial charge in [0.05, 0.1) is 11.6 Å². The van der Waals surface area contributed by atoms with Crippen molar-refractivity contribution < 1.29 is 4.74 Å². The average Bonchev–Trinajstić information content (AvgIpc) is 2.14. The number of alkyl halides is 1. The lowest BCUT2D eigenvalue weighted by molar-refractivity contribution is 0.411. The van der Waals surface area contributed by atoms with Gasteiger partial charge in [-0.05, 0) is 28.1 Å². The van der Waals surface area contributed by atoms with Crippen LogP contribution in [0.25, 0.3) is 6.08 Å². The smallest absolute Gasteiger partial charge is 0.140 e. The van der Waals surface area contributed by atoms with E-state index in [0.717, 1.165) is 25.6 Å². The zero-order valence-corrected chi connectivity index (χ0v) is 12.3. The molecule has 0 unspecified atom stereocenters. The first-order chi connectivity index (χ1) is 6.69. The van der Waals surface area contributed by atoms with E-state index in [9.17, 15) is 0 Å². The van der Waals surface area contributed by atoms with Crippen LogP contribution in [-0.4, -0.2) is 12.4 Å². The van der Waals surface area contributed by atoms with Gasteiger partial charge in [-0.25, -0.2) is 0 Å². The SMILES string of the molecule is COc1c(Br)cc(Br)cc1C=CCBr. The van der Waals surface area contributed by atoms with E-state index in [1.54, 1.807) is 7.11 Å². The van der Waals surface area contributed by atoms with E-state index in [0.29, 0.717) is 0 Å². The van der Waals surface area contributed by atoms with Gasteiger partial charge < -0.3 is 4.74 Å².